The molecule has 0 saturated carbocycles. The van der Waals surface area contributed by atoms with Crippen LogP contribution in [0.1, 0.15) is 6.42 Å². The first kappa shape index (κ1) is 8.77. The van der Waals surface area contributed by atoms with Crippen molar-refractivity contribution in [3.63, 3.8) is 0 Å². The van der Waals surface area contributed by atoms with Gasteiger partial charge in [0, 0.05) is 6.61 Å². The van der Waals surface area contributed by atoms with Crippen molar-refractivity contribution in [1.29, 1.82) is 0 Å². The molecule has 11 heavy (non-hydrogen) atoms. The van der Waals surface area contributed by atoms with E-state index in [0.29, 0.717) is 0 Å². The third-order valence-corrected chi connectivity index (χ3v) is 8.27. The second-order valence-corrected chi connectivity index (χ2v) is 9.68. The molecule has 62 valence electrons. The van der Waals surface area contributed by atoms with Crippen LogP contribution in [0.3, 0.4) is 0 Å². The van der Waals surface area contributed by atoms with Gasteiger partial charge in [0.05, 0.1) is 0 Å². The van der Waals surface area contributed by atoms with Gasteiger partial charge in [-0.25, -0.2) is 0 Å². The fraction of sp³-hybridized carbons (Fsp3) is 0.429. The largest absolute Gasteiger partial charge is 0.425 e. The molecule has 0 amide bonds. The van der Waals surface area contributed by atoms with Crippen molar-refractivity contribution >= 4 is 17.8 Å². The van der Waals surface area contributed by atoms with Crippen LogP contribution in [0.15, 0.2) is 24.9 Å². The SMILES string of the molecule is C=CC=CN[SiH]1CCCO[SiH2]1. The van der Waals surface area contributed by atoms with Gasteiger partial charge < -0.3 is 9.41 Å². The zero-order valence-corrected chi connectivity index (χ0v) is 9.32. The lowest BCUT2D eigenvalue weighted by Gasteiger charge is -2.19. The molecule has 1 saturated heterocycles. The van der Waals surface area contributed by atoms with Crippen LogP contribution in [-0.2, 0) is 4.43 Å². The predicted molar refractivity (Wildman–Crippen MR) is 53.5 cm³/mol. The van der Waals surface area contributed by atoms with Crippen LogP contribution in [0.2, 0.25) is 6.04 Å². The highest BCUT2D eigenvalue weighted by Gasteiger charge is 2.14. The fourth-order valence-electron chi connectivity index (χ4n) is 1.13. The summed E-state index contributed by atoms with van der Waals surface area (Å²) in [5.41, 5.74) is 0. The summed E-state index contributed by atoms with van der Waals surface area (Å²) in [7, 11) is -0.789. The van der Waals surface area contributed by atoms with Gasteiger partial charge in [0.1, 0.15) is 8.48 Å². The van der Waals surface area contributed by atoms with E-state index in [1.165, 1.54) is 12.5 Å². The summed E-state index contributed by atoms with van der Waals surface area (Å²) in [5.74, 6) is 0. The van der Waals surface area contributed by atoms with Crippen LogP contribution in [0, 0.1) is 0 Å². The summed E-state index contributed by atoms with van der Waals surface area (Å²) in [6, 6.07) is 1.41. The van der Waals surface area contributed by atoms with Gasteiger partial charge >= 0.3 is 0 Å². The lowest BCUT2D eigenvalue weighted by Crippen LogP contribution is -2.41. The van der Waals surface area contributed by atoms with Crippen LogP contribution in [-0.4, -0.2) is 24.4 Å². The van der Waals surface area contributed by atoms with E-state index in [0.717, 1.165) is 6.61 Å². The average Bonchev–Trinajstić information content (AvgIpc) is 2.07. The molecule has 1 aliphatic rings. The third-order valence-electron chi connectivity index (χ3n) is 1.72. The Kier molecular flexibility index (Phi) is 4.26. The Morgan fingerprint density at radius 3 is 3.18 bits per heavy atom. The molecule has 0 radical (unpaired) electrons. The monoisotopic (exact) mass is 185 g/mol. The Bertz CT molecular complexity index is 143. The third kappa shape index (κ3) is 3.55. The van der Waals surface area contributed by atoms with E-state index in [1.54, 1.807) is 6.08 Å². The lowest BCUT2D eigenvalue weighted by molar-refractivity contribution is 0.334. The van der Waals surface area contributed by atoms with Crippen LogP contribution >= 0.6 is 0 Å². The van der Waals surface area contributed by atoms with Crippen LogP contribution in [0.5, 0.6) is 0 Å². The van der Waals surface area contributed by atoms with Gasteiger partial charge in [0.2, 0.25) is 0 Å². The molecule has 1 fully saturated rings. The van der Waals surface area contributed by atoms with Gasteiger partial charge in [-0.1, -0.05) is 12.7 Å². The van der Waals surface area contributed by atoms with E-state index in [9.17, 15) is 0 Å². The van der Waals surface area contributed by atoms with Gasteiger partial charge in [-0.15, -0.1) is 0 Å². The second kappa shape index (κ2) is 5.34. The molecule has 1 unspecified atom stereocenters. The maximum absolute atomic E-state index is 5.49. The van der Waals surface area contributed by atoms with Crippen molar-refractivity contribution in [1.82, 2.24) is 4.98 Å². The maximum Gasteiger partial charge on any atom is 0.170 e. The van der Waals surface area contributed by atoms with E-state index in [-0.39, 0.29) is 9.28 Å². The molecule has 1 rings (SSSR count). The van der Waals surface area contributed by atoms with Gasteiger partial charge in [-0.05, 0) is 24.7 Å². The van der Waals surface area contributed by atoms with Crippen molar-refractivity contribution < 1.29 is 4.43 Å². The van der Waals surface area contributed by atoms with E-state index in [2.05, 4.69) is 11.6 Å². The topological polar surface area (TPSA) is 21.3 Å². The number of hydrogen-bond donors (Lipinski definition) is 1. The van der Waals surface area contributed by atoms with Crippen molar-refractivity contribution in [3.8, 4) is 0 Å². The first-order valence-electron chi connectivity index (χ1n) is 4.05. The zero-order valence-electron chi connectivity index (χ0n) is 6.75. The summed E-state index contributed by atoms with van der Waals surface area (Å²) >= 11 is 0. The van der Waals surface area contributed by atoms with Crippen molar-refractivity contribution in [2.24, 2.45) is 0 Å². The van der Waals surface area contributed by atoms with Crippen molar-refractivity contribution in [3.05, 3.63) is 24.9 Å². The van der Waals surface area contributed by atoms with Crippen LogP contribution < -0.4 is 4.98 Å². The van der Waals surface area contributed by atoms with E-state index >= 15 is 0 Å². The molecular formula is C7H15NOSi2. The first-order chi connectivity index (χ1) is 5.43. The molecule has 0 spiro atoms. The molecule has 0 aromatic carbocycles. The highest BCUT2D eigenvalue weighted by Crippen LogP contribution is 2.01. The lowest BCUT2D eigenvalue weighted by atomic mass is 10.5. The summed E-state index contributed by atoms with van der Waals surface area (Å²) < 4.78 is 5.49. The minimum atomic E-state index is -0.626. The summed E-state index contributed by atoms with van der Waals surface area (Å²) in [4.78, 5) is 3.45. The van der Waals surface area contributed by atoms with Gasteiger partial charge in [-0.2, -0.15) is 0 Å². The molecule has 1 heterocycles. The minimum Gasteiger partial charge on any atom is -0.425 e. The number of allylic oxidation sites excluding steroid dienone is 2. The van der Waals surface area contributed by atoms with E-state index in [4.69, 9.17) is 4.43 Å². The molecule has 1 N–H and O–H groups in total. The highest BCUT2D eigenvalue weighted by molar-refractivity contribution is 7.08. The van der Waals surface area contributed by atoms with Gasteiger partial charge in [-0.3, -0.25) is 0 Å². The Hall–Kier alpha value is -0.326. The van der Waals surface area contributed by atoms with Gasteiger partial charge in [0.15, 0.2) is 9.28 Å². The van der Waals surface area contributed by atoms with Crippen LogP contribution in [0.4, 0.5) is 0 Å². The Morgan fingerprint density at radius 2 is 2.55 bits per heavy atom. The van der Waals surface area contributed by atoms with E-state index < -0.39 is 8.48 Å². The second-order valence-electron chi connectivity index (χ2n) is 2.68. The van der Waals surface area contributed by atoms with Crippen molar-refractivity contribution in [2.45, 2.75) is 12.5 Å². The average molecular weight is 185 g/mol. The normalized spacial score (nSPS) is 27.5. The smallest absolute Gasteiger partial charge is 0.170 e. The molecule has 0 aliphatic carbocycles. The highest BCUT2D eigenvalue weighted by atomic mass is 29.2. The van der Waals surface area contributed by atoms with Gasteiger partial charge in [0.25, 0.3) is 0 Å². The quantitative estimate of drug-likeness (QED) is 0.494. The fourth-order valence-corrected chi connectivity index (χ4v) is 6.68. The Morgan fingerprint density at radius 1 is 1.64 bits per heavy atom. The molecular weight excluding hydrogens is 170 g/mol. The van der Waals surface area contributed by atoms with Crippen LogP contribution in [0.25, 0.3) is 0 Å². The first-order valence-corrected chi connectivity index (χ1v) is 9.28. The predicted octanol–water partition coefficient (Wildman–Crippen LogP) is 0.000300. The van der Waals surface area contributed by atoms with Crippen molar-refractivity contribution in [2.75, 3.05) is 6.61 Å². The minimum absolute atomic E-state index is 0.163. The molecule has 1 aliphatic heterocycles. The molecule has 4 heteroatoms. The summed E-state index contributed by atoms with van der Waals surface area (Å²) in [6.07, 6.45) is 7.03. The van der Waals surface area contributed by atoms with E-state index in [1.807, 2.05) is 12.3 Å². The number of hydrogen-bond acceptors (Lipinski definition) is 2. The number of rotatable bonds is 3. The molecule has 1 atom stereocenters. The molecule has 2 nitrogen and oxygen atoms in total. The molecule has 0 aromatic rings. The maximum atomic E-state index is 5.49. The zero-order chi connectivity index (χ0) is 7.94. The number of nitrogens with one attached hydrogen (secondary N) is 1. The summed E-state index contributed by atoms with van der Waals surface area (Å²) in [6.45, 7) is 4.63. The Balaban J connectivity index is 2.14. The Labute approximate surface area is 71.8 Å². The summed E-state index contributed by atoms with van der Waals surface area (Å²) in [5, 5.41) is 0. The standard InChI is InChI=1S/C7H15NOSi2/c1-2-3-5-8-11-7-4-6-9-10-11/h2-3,5,8,11H,1,4,6-7,10H2. The molecule has 0 aromatic heterocycles. The molecule has 0 bridgehead atoms.